The highest BCUT2D eigenvalue weighted by Crippen LogP contribution is 2.68. The fourth-order valence-electron chi connectivity index (χ4n) is 7.16. The number of alkyl halides is 1. The maximum atomic E-state index is 14.8. The molecule has 7 atom stereocenters. The van der Waals surface area contributed by atoms with Crippen molar-refractivity contribution in [1.82, 2.24) is 9.80 Å². The molecular weight excluding hydrogens is 590 g/mol. The molecule has 3 aliphatic heterocycles. The minimum Gasteiger partial charge on any atom is -0.394 e. The average molecular weight is 633 g/mol. The van der Waals surface area contributed by atoms with Crippen LogP contribution in [0.25, 0.3) is 0 Å². The molecule has 0 saturated carbocycles. The van der Waals surface area contributed by atoms with Crippen LogP contribution in [0, 0.1) is 25.7 Å². The van der Waals surface area contributed by atoms with Crippen molar-refractivity contribution in [2.75, 3.05) is 31.1 Å². The first-order chi connectivity index (χ1) is 19.1. The van der Waals surface area contributed by atoms with E-state index in [4.69, 9.17) is 0 Å². The lowest BCUT2D eigenvalue weighted by Gasteiger charge is -2.40. The van der Waals surface area contributed by atoms with Gasteiger partial charge in [-0.3, -0.25) is 14.4 Å². The molecule has 2 bridgehead atoms. The number of fused-ring (bicyclic) bond motifs is 1. The first-order valence-corrected chi connectivity index (χ1v) is 16.1. The van der Waals surface area contributed by atoms with Gasteiger partial charge in [0.15, 0.2) is 0 Å². The Morgan fingerprint density at radius 2 is 1.85 bits per heavy atom. The zero-order valence-corrected chi connectivity index (χ0v) is 26.4. The number of carbonyl (C=O) groups is 3. The van der Waals surface area contributed by atoms with E-state index in [2.05, 4.69) is 29.1 Å². The van der Waals surface area contributed by atoms with E-state index in [1.807, 2.05) is 45.9 Å². The molecule has 40 heavy (non-hydrogen) atoms. The Labute approximate surface area is 251 Å². The van der Waals surface area contributed by atoms with Gasteiger partial charge in [0.25, 0.3) is 5.91 Å². The third-order valence-electron chi connectivity index (χ3n) is 8.76. The molecule has 0 aromatic heterocycles. The van der Waals surface area contributed by atoms with Crippen molar-refractivity contribution >= 4 is 51.1 Å². The van der Waals surface area contributed by atoms with E-state index in [0.29, 0.717) is 25.9 Å². The number of para-hydroxylation sites is 1. The Kier molecular flexibility index (Phi) is 9.57. The molecule has 3 heterocycles. The number of aliphatic hydroxyl groups is 1. The highest BCUT2D eigenvalue weighted by molar-refractivity contribution is 9.09. The van der Waals surface area contributed by atoms with Crippen molar-refractivity contribution in [2.45, 2.75) is 73.9 Å². The number of nitrogens with zero attached hydrogens (tertiary/aromatic N) is 3. The predicted molar refractivity (Wildman–Crippen MR) is 166 cm³/mol. The van der Waals surface area contributed by atoms with Crippen molar-refractivity contribution in [3.05, 3.63) is 54.6 Å². The lowest BCUT2D eigenvalue weighted by molar-refractivity contribution is -0.145. The summed E-state index contributed by atoms with van der Waals surface area (Å²) >= 11 is 5.49. The van der Waals surface area contributed by atoms with Crippen LogP contribution in [-0.2, 0) is 14.4 Å². The monoisotopic (exact) mass is 631 g/mol. The Morgan fingerprint density at radius 3 is 2.40 bits per heavy atom. The number of hydrogen-bond acceptors (Lipinski definition) is 5. The summed E-state index contributed by atoms with van der Waals surface area (Å²) in [7, 11) is 0. The van der Waals surface area contributed by atoms with Gasteiger partial charge >= 0.3 is 0 Å². The Bertz CT molecular complexity index is 1150. The van der Waals surface area contributed by atoms with Gasteiger partial charge in [-0.25, -0.2) is 0 Å². The van der Waals surface area contributed by atoms with Gasteiger partial charge in [0.1, 0.15) is 6.04 Å². The molecule has 0 aliphatic carbocycles. The fourth-order valence-corrected chi connectivity index (χ4v) is 10.8. The Hall–Kier alpha value is -2.10. The van der Waals surface area contributed by atoms with Gasteiger partial charge in [-0.05, 0) is 44.2 Å². The van der Waals surface area contributed by atoms with Crippen LogP contribution in [0.4, 0.5) is 5.69 Å². The van der Waals surface area contributed by atoms with Gasteiger partial charge in [-0.1, -0.05) is 60.1 Å². The highest BCUT2D eigenvalue weighted by Gasteiger charge is 2.76. The van der Waals surface area contributed by atoms with Gasteiger partial charge in [-0.15, -0.1) is 24.9 Å². The number of halogens is 1. The molecule has 3 saturated heterocycles. The van der Waals surface area contributed by atoms with Gasteiger partial charge in [-0.2, -0.15) is 0 Å². The molecule has 9 heteroatoms. The summed E-state index contributed by atoms with van der Waals surface area (Å²) in [6.07, 6.45) is 5.33. The Balaban J connectivity index is 1.86. The van der Waals surface area contributed by atoms with Crippen LogP contribution >= 0.6 is 27.7 Å². The molecule has 7 nitrogen and oxygen atoms in total. The molecule has 4 rings (SSSR count). The first-order valence-electron chi connectivity index (χ1n) is 14.3. The van der Waals surface area contributed by atoms with Gasteiger partial charge in [0.05, 0.1) is 29.2 Å². The number of amides is 3. The summed E-state index contributed by atoms with van der Waals surface area (Å²) in [4.78, 5) is 48.6. The van der Waals surface area contributed by atoms with Crippen molar-refractivity contribution in [3.63, 3.8) is 0 Å². The lowest BCUT2D eigenvalue weighted by Crippen LogP contribution is -2.58. The number of thioether (sulfide) groups is 1. The zero-order valence-electron chi connectivity index (χ0n) is 24.0. The second-order valence-corrected chi connectivity index (χ2v) is 13.9. The number of rotatable bonds is 12. The van der Waals surface area contributed by atoms with Crippen molar-refractivity contribution in [2.24, 2.45) is 11.8 Å². The van der Waals surface area contributed by atoms with E-state index >= 15 is 0 Å². The van der Waals surface area contributed by atoms with E-state index in [0.717, 1.165) is 23.2 Å². The van der Waals surface area contributed by atoms with Crippen LogP contribution in [0.15, 0.2) is 43.5 Å². The maximum Gasteiger partial charge on any atom is 0.251 e. The van der Waals surface area contributed by atoms with Crippen LogP contribution in [0.3, 0.4) is 0 Å². The summed E-state index contributed by atoms with van der Waals surface area (Å²) in [6.45, 7) is 16.7. The fraction of sp³-hybridized carbons (Fsp3) is 0.581. The smallest absolute Gasteiger partial charge is 0.251 e. The summed E-state index contributed by atoms with van der Waals surface area (Å²) in [6, 6.07) is 4.60. The van der Waals surface area contributed by atoms with E-state index in [1.165, 1.54) is 0 Å². The van der Waals surface area contributed by atoms with Gasteiger partial charge in [0, 0.05) is 35.4 Å². The second kappa shape index (κ2) is 12.4. The number of hydrogen-bond donors (Lipinski definition) is 1. The molecule has 3 unspecified atom stereocenters. The molecule has 0 radical (unpaired) electrons. The highest BCUT2D eigenvalue weighted by atomic mass is 79.9. The summed E-state index contributed by atoms with van der Waals surface area (Å²) in [5.41, 5.74) is 2.74. The average Bonchev–Trinajstić information content (AvgIpc) is 3.51. The van der Waals surface area contributed by atoms with Crippen LogP contribution < -0.4 is 4.90 Å². The van der Waals surface area contributed by atoms with Crippen molar-refractivity contribution < 1.29 is 19.5 Å². The molecule has 1 aromatic carbocycles. The van der Waals surface area contributed by atoms with E-state index < -0.39 is 28.7 Å². The van der Waals surface area contributed by atoms with Gasteiger partial charge < -0.3 is 19.8 Å². The third kappa shape index (κ3) is 4.86. The molecule has 1 spiro atoms. The molecular formula is C31H42BrN3O4S. The Morgan fingerprint density at radius 1 is 1.20 bits per heavy atom. The van der Waals surface area contributed by atoms with Crippen LogP contribution in [0.1, 0.15) is 44.2 Å². The lowest BCUT2D eigenvalue weighted by atomic mass is 9.70. The molecule has 218 valence electrons. The summed E-state index contributed by atoms with van der Waals surface area (Å²) in [5, 5.41) is 10.3. The number of anilines is 1. The third-order valence-corrected chi connectivity index (χ3v) is 12.0. The van der Waals surface area contributed by atoms with Gasteiger partial charge in [0.2, 0.25) is 11.8 Å². The molecule has 3 aliphatic rings. The number of aryl methyl sites for hydroxylation is 2. The van der Waals surface area contributed by atoms with Crippen LogP contribution in [-0.4, -0.2) is 85.8 Å². The molecule has 3 fully saturated rings. The normalized spacial score (nSPS) is 29.3. The standard InChI is InChI=1S/C31H42BrN3O4S/c1-7-14-33(15-8-2)28(37)23-24-29(38)35(21(10-4)18-36)27(31(24)17-22(32)26(23)40-31)30(39)34(16-9-3)25-19(5)12-11-13-20(25)6/h7,9,11-13,21-24,26-27,36H,1,3,8,10,14-18H2,2,4-6H3/t21-,22?,23+,24-,26+,27?,31?/m0/s1. The molecule has 1 aromatic rings. The SMILES string of the molecule is C=CCN(CCC)C(=O)[C@H]1[C@@H]2SC3(CC2Br)C(C(=O)N(CC=C)c2c(C)cccc2C)N([C@@H](CC)CO)C(=O)[C@H]13. The largest absolute Gasteiger partial charge is 0.394 e. The maximum absolute atomic E-state index is 14.8. The van der Waals surface area contributed by atoms with Crippen LogP contribution in [0.5, 0.6) is 0 Å². The number of carbonyl (C=O) groups excluding carboxylic acids is 3. The molecule has 3 amide bonds. The minimum atomic E-state index is -0.812. The number of benzene rings is 1. The van der Waals surface area contributed by atoms with E-state index in [-0.39, 0.29) is 41.0 Å². The quantitative estimate of drug-likeness (QED) is 0.272. The van der Waals surface area contributed by atoms with E-state index in [1.54, 1.807) is 38.6 Å². The first kappa shape index (κ1) is 30.8. The summed E-state index contributed by atoms with van der Waals surface area (Å²) < 4.78 is -0.780. The summed E-state index contributed by atoms with van der Waals surface area (Å²) in [5.74, 6) is -1.61. The topological polar surface area (TPSA) is 81.2 Å². The predicted octanol–water partition coefficient (Wildman–Crippen LogP) is 4.48. The van der Waals surface area contributed by atoms with E-state index in [9.17, 15) is 19.5 Å². The minimum absolute atomic E-state index is 0.0137. The second-order valence-electron chi connectivity index (χ2n) is 11.2. The zero-order chi connectivity index (χ0) is 29.4. The number of likely N-dealkylation sites (tertiary alicyclic amines) is 1. The van der Waals surface area contributed by atoms with Crippen molar-refractivity contribution in [3.8, 4) is 0 Å². The molecule has 1 N–H and O–H groups in total. The van der Waals surface area contributed by atoms with Crippen molar-refractivity contribution in [1.29, 1.82) is 0 Å². The van der Waals surface area contributed by atoms with Crippen LogP contribution in [0.2, 0.25) is 0 Å². The number of aliphatic hydroxyl groups excluding tert-OH is 1.